The lowest BCUT2D eigenvalue weighted by Crippen LogP contribution is -1.90. The third kappa shape index (κ3) is 4.34. The Morgan fingerprint density at radius 2 is 1.71 bits per heavy atom. The second-order valence-electron chi connectivity index (χ2n) is 4.16. The minimum Gasteiger partial charge on any atom is -0.478 e. The van der Waals surface area contributed by atoms with Crippen LogP contribution >= 0.6 is 31.9 Å². The molecule has 0 radical (unpaired) electrons. The Balaban J connectivity index is 2.28. The lowest BCUT2D eigenvalue weighted by molar-refractivity contribution is -0.131. The smallest absolute Gasteiger partial charge is 0.328 e. The molecule has 0 aliphatic carbocycles. The summed E-state index contributed by atoms with van der Waals surface area (Å²) < 4.78 is 7.20. The number of carboxylic acid groups (broad SMARTS) is 1. The molecule has 21 heavy (non-hydrogen) atoms. The normalized spacial score (nSPS) is 10.8. The number of hydrogen-bond acceptors (Lipinski definition) is 3. The summed E-state index contributed by atoms with van der Waals surface area (Å²) in [6, 6.07) is 10.6. The van der Waals surface area contributed by atoms with E-state index in [9.17, 15) is 4.79 Å². The number of nitrogen functional groups attached to an aromatic ring is 1. The van der Waals surface area contributed by atoms with Crippen molar-refractivity contribution >= 4 is 49.6 Å². The van der Waals surface area contributed by atoms with E-state index in [2.05, 4.69) is 31.9 Å². The van der Waals surface area contributed by atoms with E-state index >= 15 is 0 Å². The molecule has 2 aromatic rings. The van der Waals surface area contributed by atoms with Gasteiger partial charge in [-0.3, -0.25) is 0 Å². The Labute approximate surface area is 138 Å². The Hall–Kier alpha value is -1.79. The number of carbonyl (C=O) groups is 1. The first kappa shape index (κ1) is 15.6. The van der Waals surface area contributed by atoms with Gasteiger partial charge in [0.1, 0.15) is 5.75 Å². The molecule has 0 spiro atoms. The zero-order chi connectivity index (χ0) is 15.4. The number of rotatable bonds is 4. The number of nitrogens with two attached hydrogens (primary N) is 1. The van der Waals surface area contributed by atoms with Crippen LogP contribution in [-0.4, -0.2) is 11.1 Å². The zero-order valence-electron chi connectivity index (χ0n) is 10.7. The maximum atomic E-state index is 10.5. The Kier molecular flexibility index (Phi) is 5.03. The number of halogens is 2. The van der Waals surface area contributed by atoms with Crippen LogP contribution in [0.2, 0.25) is 0 Å². The molecule has 108 valence electrons. The summed E-state index contributed by atoms with van der Waals surface area (Å²) >= 11 is 6.83. The van der Waals surface area contributed by atoms with Crippen molar-refractivity contribution in [1.29, 1.82) is 0 Å². The third-order valence-corrected chi connectivity index (χ3v) is 3.72. The predicted molar refractivity (Wildman–Crippen MR) is 89.4 cm³/mol. The number of hydrogen-bond donors (Lipinski definition) is 2. The van der Waals surface area contributed by atoms with E-state index < -0.39 is 5.97 Å². The molecule has 6 heteroatoms. The molecule has 0 saturated carbocycles. The Morgan fingerprint density at radius 1 is 1.14 bits per heavy atom. The molecule has 0 heterocycles. The van der Waals surface area contributed by atoms with Gasteiger partial charge < -0.3 is 15.6 Å². The van der Waals surface area contributed by atoms with E-state index in [4.69, 9.17) is 15.6 Å². The van der Waals surface area contributed by atoms with E-state index in [1.807, 2.05) is 0 Å². The molecule has 0 aromatic heterocycles. The molecule has 0 bridgehead atoms. The predicted octanol–water partition coefficient (Wildman–Crippen LogP) is 4.68. The lowest BCUT2D eigenvalue weighted by Gasteiger charge is -2.11. The van der Waals surface area contributed by atoms with Crippen LogP contribution in [0.1, 0.15) is 5.56 Å². The van der Waals surface area contributed by atoms with Crippen molar-refractivity contribution in [3.8, 4) is 11.5 Å². The van der Waals surface area contributed by atoms with Crippen molar-refractivity contribution in [2.45, 2.75) is 0 Å². The van der Waals surface area contributed by atoms with Gasteiger partial charge in [-0.25, -0.2) is 4.79 Å². The molecule has 0 atom stereocenters. The quantitative estimate of drug-likeness (QED) is 0.564. The van der Waals surface area contributed by atoms with Crippen LogP contribution in [0.15, 0.2) is 51.4 Å². The largest absolute Gasteiger partial charge is 0.478 e. The van der Waals surface area contributed by atoms with E-state index in [0.29, 0.717) is 26.1 Å². The van der Waals surface area contributed by atoms with Gasteiger partial charge in [0.15, 0.2) is 5.75 Å². The lowest BCUT2D eigenvalue weighted by atomic mass is 10.2. The summed E-state index contributed by atoms with van der Waals surface area (Å²) in [7, 11) is 0. The fourth-order valence-electron chi connectivity index (χ4n) is 1.59. The van der Waals surface area contributed by atoms with Crippen LogP contribution < -0.4 is 10.5 Å². The molecule has 0 unspecified atom stereocenters. The molecule has 3 N–H and O–H groups in total. The highest BCUT2D eigenvalue weighted by atomic mass is 79.9. The maximum Gasteiger partial charge on any atom is 0.328 e. The SMILES string of the molecule is Nc1ccc(Oc2c(Br)cc(/C=C/C(=O)O)cc2Br)cc1. The first-order valence-electron chi connectivity index (χ1n) is 5.89. The molecular formula is C15H11Br2NO3. The van der Waals surface area contributed by atoms with Crippen molar-refractivity contribution in [1.82, 2.24) is 0 Å². The average molecular weight is 413 g/mol. The van der Waals surface area contributed by atoms with Gasteiger partial charge in [-0.1, -0.05) is 0 Å². The van der Waals surface area contributed by atoms with Crippen LogP contribution in [0.25, 0.3) is 6.08 Å². The highest BCUT2D eigenvalue weighted by Crippen LogP contribution is 2.38. The molecule has 0 aliphatic heterocycles. The Bertz CT molecular complexity index is 674. The standard InChI is InChI=1S/C15H11Br2NO3/c16-12-7-9(1-6-14(19)20)8-13(17)15(12)21-11-4-2-10(18)3-5-11/h1-8H,18H2,(H,19,20)/b6-1+. The number of ether oxygens (including phenoxy) is 1. The summed E-state index contributed by atoms with van der Waals surface area (Å²) in [5, 5.41) is 8.64. The van der Waals surface area contributed by atoms with Crippen LogP contribution in [-0.2, 0) is 4.79 Å². The molecule has 2 rings (SSSR count). The van der Waals surface area contributed by atoms with Crippen molar-refractivity contribution in [3.63, 3.8) is 0 Å². The second-order valence-corrected chi connectivity index (χ2v) is 5.87. The van der Waals surface area contributed by atoms with Crippen LogP contribution in [0.4, 0.5) is 5.69 Å². The summed E-state index contributed by atoms with van der Waals surface area (Å²) in [4.78, 5) is 10.5. The van der Waals surface area contributed by atoms with Gasteiger partial charge in [-0.2, -0.15) is 0 Å². The van der Waals surface area contributed by atoms with Crippen molar-refractivity contribution < 1.29 is 14.6 Å². The van der Waals surface area contributed by atoms with Crippen LogP contribution in [0, 0.1) is 0 Å². The van der Waals surface area contributed by atoms with Gasteiger partial charge in [0.05, 0.1) is 8.95 Å². The topological polar surface area (TPSA) is 72.5 Å². The van der Waals surface area contributed by atoms with E-state index in [0.717, 1.165) is 11.6 Å². The van der Waals surface area contributed by atoms with Gasteiger partial charge in [0.2, 0.25) is 0 Å². The number of anilines is 1. The fraction of sp³-hybridized carbons (Fsp3) is 0. The van der Waals surface area contributed by atoms with Gasteiger partial charge >= 0.3 is 5.97 Å². The van der Waals surface area contributed by atoms with Crippen LogP contribution in [0.5, 0.6) is 11.5 Å². The first-order chi connectivity index (χ1) is 9.95. The molecule has 2 aromatic carbocycles. The first-order valence-corrected chi connectivity index (χ1v) is 7.48. The van der Waals surface area contributed by atoms with Crippen LogP contribution in [0.3, 0.4) is 0 Å². The fourth-order valence-corrected chi connectivity index (χ4v) is 2.98. The Morgan fingerprint density at radius 3 is 2.24 bits per heavy atom. The van der Waals surface area contributed by atoms with E-state index in [1.54, 1.807) is 36.4 Å². The maximum absolute atomic E-state index is 10.5. The molecular weight excluding hydrogens is 402 g/mol. The summed E-state index contributed by atoms with van der Waals surface area (Å²) in [5.74, 6) is 0.260. The summed E-state index contributed by atoms with van der Waals surface area (Å²) in [6.45, 7) is 0. The number of benzene rings is 2. The average Bonchev–Trinajstić information content (AvgIpc) is 2.42. The van der Waals surface area contributed by atoms with Crippen molar-refractivity contribution in [2.24, 2.45) is 0 Å². The molecule has 0 saturated heterocycles. The van der Waals surface area contributed by atoms with Gasteiger partial charge in [-0.15, -0.1) is 0 Å². The number of carboxylic acids is 1. The highest BCUT2D eigenvalue weighted by Gasteiger charge is 2.09. The molecule has 0 aliphatic rings. The number of aliphatic carboxylic acids is 1. The monoisotopic (exact) mass is 411 g/mol. The summed E-state index contributed by atoms with van der Waals surface area (Å²) in [6.07, 6.45) is 2.58. The molecule has 4 nitrogen and oxygen atoms in total. The molecule has 0 amide bonds. The zero-order valence-corrected chi connectivity index (χ0v) is 13.9. The third-order valence-electron chi connectivity index (χ3n) is 2.54. The van der Waals surface area contributed by atoms with Gasteiger partial charge in [0, 0.05) is 11.8 Å². The minimum atomic E-state index is -0.996. The molecule has 0 fully saturated rings. The highest BCUT2D eigenvalue weighted by molar-refractivity contribution is 9.11. The van der Waals surface area contributed by atoms with Crippen molar-refractivity contribution in [3.05, 3.63) is 57.0 Å². The summed E-state index contributed by atoms with van der Waals surface area (Å²) in [5.41, 5.74) is 7.03. The van der Waals surface area contributed by atoms with E-state index in [1.165, 1.54) is 6.08 Å². The minimum absolute atomic E-state index is 0.604. The van der Waals surface area contributed by atoms with E-state index in [-0.39, 0.29) is 0 Å². The van der Waals surface area contributed by atoms with Gasteiger partial charge in [0.25, 0.3) is 0 Å². The van der Waals surface area contributed by atoms with Gasteiger partial charge in [-0.05, 0) is 79.9 Å². The van der Waals surface area contributed by atoms with Crippen molar-refractivity contribution in [2.75, 3.05) is 5.73 Å². The second kappa shape index (κ2) is 6.78.